The minimum atomic E-state index is -1.42. The zero-order valence-electron chi connectivity index (χ0n) is 9.95. The standard InChI is InChI=1S/C12H15BrClF2N/c1-12(2,3)17-6-9(15)7-4-5-8(13)10(14)11(7)16/h4-5,9,17H,6H2,1-3H3. The van der Waals surface area contributed by atoms with Crippen molar-refractivity contribution in [1.82, 2.24) is 5.32 Å². The molecule has 0 heterocycles. The number of benzene rings is 1. The van der Waals surface area contributed by atoms with Crippen LogP contribution in [0.1, 0.15) is 32.5 Å². The fourth-order valence-corrected chi connectivity index (χ4v) is 1.77. The van der Waals surface area contributed by atoms with E-state index in [-0.39, 0.29) is 22.7 Å². The van der Waals surface area contributed by atoms with E-state index in [1.165, 1.54) is 6.07 Å². The van der Waals surface area contributed by atoms with Crippen LogP contribution in [0.3, 0.4) is 0 Å². The predicted octanol–water partition coefficient (Wildman–Crippen LogP) is 4.64. The van der Waals surface area contributed by atoms with Crippen molar-refractivity contribution in [1.29, 1.82) is 0 Å². The fourth-order valence-electron chi connectivity index (χ4n) is 1.29. The Balaban J connectivity index is 2.83. The molecule has 0 saturated carbocycles. The normalized spacial score (nSPS) is 13.8. The molecule has 0 radical (unpaired) electrons. The molecule has 0 amide bonds. The van der Waals surface area contributed by atoms with Gasteiger partial charge in [-0.3, -0.25) is 0 Å². The van der Waals surface area contributed by atoms with Crippen LogP contribution in [0.5, 0.6) is 0 Å². The number of hydrogen-bond acceptors (Lipinski definition) is 1. The van der Waals surface area contributed by atoms with E-state index in [4.69, 9.17) is 11.6 Å². The lowest BCUT2D eigenvalue weighted by Crippen LogP contribution is -2.38. The van der Waals surface area contributed by atoms with Crippen molar-refractivity contribution in [2.45, 2.75) is 32.5 Å². The molecule has 17 heavy (non-hydrogen) atoms. The van der Waals surface area contributed by atoms with Crippen LogP contribution in [-0.4, -0.2) is 12.1 Å². The van der Waals surface area contributed by atoms with Crippen molar-refractivity contribution >= 4 is 27.5 Å². The molecule has 0 fully saturated rings. The molecule has 0 saturated heterocycles. The van der Waals surface area contributed by atoms with Crippen LogP contribution in [0.25, 0.3) is 0 Å². The Kier molecular flexibility index (Phi) is 4.93. The van der Waals surface area contributed by atoms with Crippen LogP contribution in [0.2, 0.25) is 5.02 Å². The van der Waals surface area contributed by atoms with Gasteiger partial charge in [0.25, 0.3) is 0 Å². The summed E-state index contributed by atoms with van der Waals surface area (Å²) >= 11 is 8.80. The number of nitrogens with one attached hydrogen (secondary N) is 1. The topological polar surface area (TPSA) is 12.0 Å². The van der Waals surface area contributed by atoms with Crippen molar-refractivity contribution in [2.75, 3.05) is 6.54 Å². The molecule has 1 N–H and O–H groups in total. The minimum absolute atomic E-state index is 0.0186. The zero-order chi connectivity index (χ0) is 13.2. The van der Waals surface area contributed by atoms with Gasteiger partial charge < -0.3 is 5.32 Å². The number of hydrogen-bond donors (Lipinski definition) is 1. The molecular weight excluding hydrogens is 311 g/mol. The highest BCUT2D eigenvalue weighted by molar-refractivity contribution is 9.10. The van der Waals surface area contributed by atoms with E-state index < -0.39 is 12.0 Å². The van der Waals surface area contributed by atoms with Crippen LogP contribution in [-0.2, 0) is 0 Å². The minimum Gasteiger partial charge on any atom is -0.309 e. The summed E-state index contributed by atoms with van der Waals surface area (Å²) in [6.45, 7) is 5.82. The van der Waals surface area contributed by atoms with Gasteiger partial charge in [0.05, 0.1) is 5.02 Å². The van der Waals surface area contributed by atoms with Gasteiger partial charge in [-0.15, -0.1) is 0 Å². The molecule has 0 aliphatic heterocycles. The lowest BCUT2D eigenvalue weighted by Gasteiger charge is -2.22. The molecule has 5 heteroatoms. The Bertz CT molecular complexity index is 404. The fraction of sp³-hybridized carbons (Fsp3) is 0.500. The van der Waals surface area contributed by atoms with Crippen LogP contribution in [0.15, 0.2) is 16.6 Å². The van der Waals surface area contributed by atoms with Crippen LogP contribution < -0.4 is 5.32 Å². The Labute approximate surface area is 114 Å². The molecule has 1 aromatic rings. The van der Waals surface area contributed by atoms with Gasteiger partial charge in [-0.2, -0.15) is 0 Å². The molecule has 0 aromatic heterocycles. The summed E-state index contributed by atoms with van der Waals surface area (Å²) < 4.78 is 28.0. The zero-order valence-corrected chi connectivity index (χ0v) is 12.3. The summed E-state index contributed by atoms with van der Waals surface area (Å²) in [4.78, 5) is 0. The average molecular weight is 327 g/mol. The Morgan fingerprint density at radius 3 is 2.53 bits per heavy atom. The number of halogens is 4. The molecule has 1 nitrogen and oxygen atoms in total. The second-order valence-electron chi connectivity index (χ2n) is 4.86. The summed E-state index contributed by atoms with van der Waals surface area (Å²) in [6, 6.07) is 2.95. The van der Waals surface area contributed by atoms with Gasteiger partial charge in [0.2, 0.25) is 0 Å². The van der Waals surface area contributed by atoms with Crippen molar-refractivity contribution in [2.24, 2.45) is 0 Å². The third-order valence-corrected chi connectivity index (χ3v) is 3.47. The van der Waals surface area contributed by atoms with E-state index in [0.717, 1.165) is 0 Å². The first-order valence-electron chi connectivity index (χ1n) is 5.25. The van der Waals surface area contributed by atoms with Gasteiger partial charge in [-0.1, -0.05) is 17.7 Å². The monoisotopic (exact) mass is 325 g/mol. The van der Waals surface area contributed by atoms with E-state index in [2.05, 4.69) is 21.2 Å². The van der Waals surface area contributed by atoms with Gasteiger partial charge >= 0.3 is 0 Å². The highest BCUT2D eigenvalue weighted by Gasteiger charge is 2.20. The maximum atomic E-state index is 13.9. The largest absolute Gasteiger partial charge is 0.309 e. The highest BCUT2D eigenvalue weighted by atomic mass is 79.9. The van der Waals surface area contributed by atoms with E-state index >= 15 is 0 Å². The SMILES string of the molecule is CC(C)(C)NCC(F)c1ccc(Br)c(Cl)c1F. The van der Waals surface area contributed by atoms with E-state index in [0.29, 0.717) is 4.47 Å². The third kappa shape index (κ3) is 4.19. The Hall–Kier alpha value is -0.190. The average Bonchev–Trinajstić information content (AvgIpc) is 2.22. The highest BCUT2D eigenvalue weighted by Crippen LogP contribution is 2.31. The Morgan fingerprint density at radius 1 is 1.41 bits per heavy atom. The summed E-state index contributed by atoms with van der Waals surface area (Å²) in [5.74, 6) is -0.704. The quantitative estimate of drug-likeness (QED) is 0.798. The maximum absolute atomic E-state index is 13.9. The molecule has 96 valence electrons. The summed E-state index contributed by atoms with van der Waals surface area (Å²) in [7, 11) is 0. The van der Waals surface area contributed by atoms with E-state index in [1.54, 1.807) is 6.07 Å². The maximum Gasteiger partial charge on any atom is 0.149 e. The lowest BCUT2D eigenvalue weighted by molar-refractivity contribution is 0.285. The molecular formula is C12H15BrClF2N. The number of rotatable bonds is 3. The van der Waals surface area contributed by atoms with Crippen molar-refractivity contribution in [3.8, 4) is 0 Å². The van der Waals surface area contributed by atoms with Crippen LogP contribution in [0, 0.1) is 5.82 Å². The van der Waals surface area contributed by atoms with Crippen LogP contribution >= 0.6 is 27.5 Å². The van der Waals surface area contributed by atoms with Gasteiger partial charge in [0.1, 0.15) is 12.0 Å². The van der Waals surface area contributed by atoms with E-state index in [1.807, 2.05) is 20.8 Å². The van der Waals surface area contributed by atoms with E-state index in [9.17, 15) is 8.78 Å². The second-order valence-corrected chi connectivity index (χ2v) is 6.10. The van der Waals surface area contributed by atoms with Crippen molar-refractivity contribution in [3.63, 3.8) is 0 Å². The van der Waals surface area contributed by atoms with Gasteiger partial charge in [0.15, 0.2) is 0 Å². The third-order valence-electron chi connectivity index (χ3n) is 2.21. The first-order valence-corrected chi connectivity index (χ1v) is 6.42. The van der Waals surface area contributed by atoms with Gasteiger partial charge in [-0.25, -0.2) is 8.78 Å². The molecule has 0 bridgehead atoms. The lowest BCUT2D eigenvalue weighted by atomic mass is 10.1. The second kappa shape index (κ2) is 5.63. The number of alkyl halides is 1. The van der Waals surface area contributed by atoms with Gasteiger partial charge in [0, 0.05) is 22.1 Å². The Morgan fingerprint density at radius 2 is 2.00 bits per heavy atom. The first kappa shape index (κ1) is 14.9. The molecule has 1 aromatic carbocycles. The van der Waals surface area contributed by atoms with Gasteiger partial charge in [-0.05, 0) is 42.8 Å². The van der Waals surface area contributed by atoms with Crippen molar-refractivity contribution in [3.05, 3.63) is 33.0 Å². The van der Waals surface area contributed by atoms with Crippen molar-refractivity contribution < 1.29 is 8.78 Å². The molecule has 1 atom stereocenters. The molecule has 1 rings (SSSR count). The predicted molar refractivity (Wildman–Crippen MR) is 70.7 cm³/mol. The first-order chi connectivity index (χ1) is 7.72. The summed E-state index contributed by atoms with van der Waals surface area (Å²) in [5.41, 5.74) is -0.227. The summed E-state index contributed by atoms with van der Waals surface area (Å²) in [5, 5.41) is 2.90. The summed E-state index contributed by atoms with van der Waals surface area (Å²) in [6.07, 6.45) is -1.42. The molecule has 0 aliphatic rings. The van der Waals surface area contributed by atoms with Crippen LogP contribution in [0.4, 0.5) is 8.78 Å². The molecule has 0 spiro atoms. The smallest absolute Gasteiger partial charge is 0.149 e. The molecule has 0 aliphatic carbocycles. The molecule has 1 unspecified atom stereocenters.